The van der Waals surface area contributed by atoms with E-state index in [-0.39, 0.29) is 94.3 Å². The second-order valence-corrected chi connectivity index (χ2v) is 20.5. The molecule has 0 aromatic heterocycles. The first-order chi connectivity index (χ1) is 39.7. The first-order valence-electron chi connectivity index (χ1n) is 27.0. The minimum Gasteiger partial charge on any atom is -0.504 e. The molecule has 5 N–H and O–H groups in total. The number of amides is 5. The van der Waals surface area contributed by atoms with E-state index >= 15 is 0 Å². The Morgan fingerprint density at radius 2 is 1.21 bits per heavy atom. The molecule has 1 fully saturated rings. The molecule has 1 saturated heterocycles. The van der Waals surface area contributed by atoms with Crippen molar-refractivity contribution in [3.8, 4) is 11.5 Å². The average Bonchev–Trinajstić information content (AvgIpc) is 4.01. The Labute approximate surface area is 481 Å². The maximum absolute atomic E-state index is 14.0. The van der Waals surface area contributed by atoms with Crippen molar-refractivity contribution in [3.05, 3.63) is 142 Å². The van der Waals surface area contributed by atoms with Gasteiger partial charge >= 0.3 is 18.0 Å². The number of carbonyl (C=O) groups is 5. The Morgan fingerprint density at radius 1 is 0.683 bits per heavy atom. The Kier molecular flexibility index (Phi) is 20.6. The average molecular weight is 1140 g/mol. The lowest BCUT2D eigenvalue weighted by atomic mass is 9.84. The summed E-state index contributed by atoms with van der Waals surface area (Å²) in [5.41, 5.74) is 4.00. The molecule has 3 heterocycles. The van der Waals surface area contributed by atoms with Crippen LogP contribution in [0.1, 0.15) is 40.9 Å². The molecule has 2 atom stereocenters. The van der Waals surface area contributed by atoms with Crippen LogP contribution in [0.5, 0.6) is 11.5 Å². The van der Waals surface area contributed by atoms with Crippen molar-refractivity contribution in [2.24, 2.45) is 15.4 Å². The van der Waals surface area contributed by atoms with Crippen molar-refractivity contribution in [2.45, 2.75) is 19.2 Å². The van der Waals surface area contributed by atoms with Gasteiger partial charge < -0.3 is 50.1 Å². The molecule has 0 saturated carbocycles. The maximum Gasteiger partial charge on any atom is 0.328 e. The van der Waals surface area contributed by atoms with Crippen molar-refractivity contribution in [1.29, 1.82) is 0 Å². The zero-order valence-corrected chi connectivity index (χ0v) is 47.8. The molecule has 2 unspecified atom stereocenters. The number of phenolic OH excluding ortho intramolecular Hbond substituents is 1. The van der Waals surface area contributed by atoms with Gasteiger partial charge in [0.2, 0.25) is 0 Å². The molecule has 5 aromatic rings. The zero-order chi connectivity index (χ0) is 58.2. The number of anilines is 5. The summed E-state index contributed by atoms with van der Waals surface area (Å²) >= 11 is 1.24. The summed E-state index contributed by atoms with van der Waals surface area (Å²) in [5, 5.41) is 22.6. The summed E-state index contributed by atoms with van der Waals surface area (Å²) in [6, 6.07) is 33.2. The van der Waals surface area contributed by atoms with E-state index in [0.717, 1.165) is 41.6 Å². The number of carbonyl (C=O) groups excluding carboxylic acids is 5. The lowest BCUT2D eigenvalue weighted by Crippen LogP contribution is -2.45. The highest BCUT2D eigenvalue weighted by molar-refractivity contribution is 8.05. The fourth-order valence-electron chi connectivity index (χ4n) is 8.97. The third kappa shape index (κ3) is 14.7. The predicted molar refractivity (Wildman–Crippen MR) is 320 cm³/mol. The summed E-state index contributed by atoms with van der Waals surface area (Å²) in [7, 11) is 6.57. The Hall–Kier alpha value is -8.44. The Bertz CT molecular complexity index is 3050. The minimum absolute atomic E-state index is 0.0857. The molecule has 3 aliphatic rings. The van der Waals surface area contributed by atoms with Crippen LogP contribution in [0, 0.1) is 5.41 Å². The molecule has 0 spiro atoms. The number of hydrogen-bond acceptors (Lipinski definition) is 17. The number of aliphatic imine (C=N–C) groups is 2. The molecule has 82 heavy (non-hydrogen) atoms. The molecular weight excluding hydrogens is 1070 g/mol. The third-order valence-electron chi connectivity index (χ3n) is 13.8. The number of esters is 1. The number of nitrogens with zero attached hydrogens (tertiary/aromatic N) is 6. The van der Waals surface area contributed by atoms with Gasteiger partial charge in [0.15, 0.2) is 22.7 Å². The van der Waals surface area contributed by atoms with Crippen molar-refractivity contribution >= 4 is 87.7 Å². The third-order valence-corrected chi connectivity index (χ3v) is 15.2. The second kappa shape index (κ2) is 28.3. The van der Waals surface area contributed by atoms with Crippen LogP contribution in [0.15, 0.2) is 130 Å². The smallest absolute Gasteiger partial charge is 0.328 e. The fourth-order valence-corrected chi connectivity index (χ4v) is 10.4. The van der Waals surface area contributed by atoms with Crippen LogP contribution in [0.4, 0.5) is 38.0 Å². The highest BCUT2D eigenvalue weighted by Gasteiger charge is 2.56. The number of phenols is 1. The lowest BCUT2D eigenvalue weighted by molar-refractivity contribution is -0.157. The van der Waals surface area contributed by atoms with Gasteiger partial charge in [-0.15, -0.1) is 0 Å². The second-order valence-electron chi connectivity index (χ2n) is 19.4. The van der Waals surface area contributed by atoms with E-state index in [1.807, 2.05) is 78.9 Å². The number of para-hydroxylation sites is 1. The molecule has 21 nitrogen and oxygen atoms in total. The minimum atomic E-state index is -1.48. The lowest BCUT2D eigenvalue weighted by Gasteiger charge is -2.28. The molecule has 5 amide bonds. The number of rotatable bonds is 25. The molecular formula is C60H70N10O11S. The molecule has 5 aromatic carbocycles. The molecule has 0 aliphatic carbocycles. The number of hydrogen-bond donors (Lipinski definition) is 5. The molecule has 8 rings (SSSR count). The highest BCUT2D eigenvalue weighted by atomic mass is 32.2. The van der Waals surface area contributed by atoms with E-state index in [4.69, 9.17) is 23.7 Å². The van der Waals surface area contributed by atoms with Gasteiger partial charge in [0.05, 0.1) is 64.2 Å². The predicted octanol–water partition coefficient (Wildman–Crippen LogP) is 7.00. The van der Waals surface area contributed by atoms with Crippen LogP contribution < -0.4 is 45.6 Å². The number of aromatic hydroxyl groups is 1. The zero-order valence-electron chi connectivity index (χ0n) is 46.9. The topological polar surface area (TPSA) is 238 Å². The summed E-state index contributed by atoms with van der Waals surface area (Å²) < 4.78 is 28.2. The van der Waals surface area contributed by atoms with Gasteiger partial charge in [-0.05, 0) is 116 Å². The summed E-state index contributed by atoms with van der Waals surface area (Å²) in [6.45, 7) is 8.16. The molecule has 0 radical (unpaired) electrons. The van der Waals surface area contributed by atoms with Gasteiger partial charge in [0, 0.05) is 93.0 Å². The number of thioether (sulfide) groups is 1. The van der Waals surface area contributed by atoms with Crippen molar-refractivity contribution in [1.82, 2.24) is 16.0 Å². The van der Waals surface area contributed by atoms with Crippen LogP contribution in [-0.4, -0.2) is 166 Å². The molecule has 3 aliphatic heterocycles. The Balaban J connectivity index is 0.787. The largest absolute Gasteiger partial charge is 0.504 e. The summed E-state index contributed by atoms with van der Waals surface area (Å²) in [5.74, 6) is 0.327. The number of Topliss-reactive ketones (excluding diaryl/α,β-unsaturated/α-hetero) is 1. The van der Waals surface area contributed by atoms with Gasteiger partial charge in [-0.3, -0.25) is 44.0 Å². The van der Waals surface area contributed by atoms with Gasteiger partial charge in [0.25, 0.3) is 5.91 Å². The number of allylic oxidation sites excluding steroid dienone is 1. The molecule has 432 valence electrons. The van der Waals surface area contributed by atoms with Crippen LogP contribution in [0.25, 0.3) is 6.08 Å². The first-order valence-corrected chi connectivity index (χ1v) is 27.9. The number of ketones is 1. The van der Waals surface area contributed by atoms with E-state index < -0.39 is 22.7 Å². The summed E-state index contributed by atoms with van der Waals surface area (Å²) in [4.78, 5) is 84.0. The normalized spacial score (nSPS) is 16.8. The van der Waals surface area contributed by atoms with Crippen LogP contribution in [0.3, 0.4) is 0 Å². The van der Waals surface area contributed by atoms with Gasteiger partial charge in [-0.2, -0.15) is 0 Å². The van der Waals surface area contributed by atoms with Crippen molar-refractivity contribution < 1.29 is 52.8 Å². The monoisotopic (exact) mass is 1140 g/mol. The van der Waals surface area contributed by atoms with E-state index in [1.54, 1.807) is 78.4 Å². The van der Waals surface area contributed by atoms with Crippen molar-refractivity contribution in [2.75, 3.05) is 139 Å². The van der Waals surface area contributed by atoms with E-state index in [1.165, 1.54) is 37.4 Å². The molecule has 22 heteroatoms. The van der Waals surface area contributed by atoms with E-state index in [0.29, 0.717) is 46.3 Å². The van der Waals surface area contributed by atoms with E-state index in [2.05, 4.69) is 31.3 Å². The van der Waals surface area contributed by atoms with Crippen LogP contribution in [-0.2, 0) is 28.5 Å². The van der Waals surface area contributed by atoms with Gasteiger partial charge in [-0.25, -0.2) is 9.59 Å². The molecule has 0 bridgehead atoms. The summed E-state index contributed by atoms with van der Waals surface area (Å²) in [6.07, 6.45) is 1.67. The SMILES string of the molecule is CCOC(=O)C1(C)C(=O)/C(=C/c2ccc(O)c(OCCOCCOCCOCCNC(=O)c3cc(N(C)C(=O)N(C)c4ccc(C5=NCCN5)cc4)cc(N(C)C(=O)N(C)c4ccc(C5=NCCN5)cc4)c3)c2)SC1Nc1ccccc1. The highest BCUT2D eigenvalue weighted by Crippen LogP contribution is 2.49. The van der Waals surface area contributed by atoms with Crippen LogP contribution >= 0.6 is 11.8 Å². The first kappa shape index (κ1) is 59.7. The fraction of sp³-hybridized carbons (Fsp3) is 0.350. The quantitative estimate of drug-likeness (QED) is 0.0171. The number of urea groups is 2. The van der Waals surface area contributed by atoms with Gasteiger partial charge in [0.1, 0.15) is 23.7 Å². The number of benzene rings is 5. The Morgan fingerprint density at radius 3 is 1.73 bits per heavy atom. The van der Waals surface area contributed by atoms with Gasteiger partial charge in [-0.1, -0.05) is 36.0 Å². The van der Waals surface area contributed by atoms with Crippen molar-refractivity contribution in [3.63, 3.8) is 0 Å². The number of amidine groups is 2. The van der Waals surface area contributed by atoms with Crippen LogP contribution in [0.2, 0.25) is 0 Å². The standard InChI is InChI=1S/C60H70N10O11S/c1-7-80-57(74)60(2)52(72)51(82-56(60)66-44-11-9-8-10-12-44)36-40-13-22-49(71)50(35-40)81-34-33-79-32-31-78-30-29-77-28-27-65-55(73)43-37-47(69(5)58(75)67(3)45-18-14-41(15-19-45)53-61-23-24-62-53)39-48(38-43)70(6)59(76)68(4)46-20-16-42(17-21-46)54-63-25-26-64-54/h8-22,35-39,56,66,71H,7,23-34H2,1-6H3,(H,61,62)(H,63,64)(H,65,73)/b51-36-. The maximum atomic E-state index is 14.0. The number of nitrogens with one attached hydrogen (secondary N) is 4. The van der Waals surface area contributed by atoms with E-state index in [9.17, 15) is 29.1 Å². The number of ether oxygens (including phenoxy) is 5.